The monoisotopic (exact) mass is 273 g/mol. The van der Waals surface area contributed by atoms with Gasteiger partial charge in [0.25, 0.3) is 5.69 Å². The van der Waals surface area contributed by atoms with Gasteiger partial charge in [0, 0.05) is 19.6 Å². The first-order valence-electron chi connectivity index (χ1n) is 5.65. The van der Waals surface area contributed by atoms with E-state index in [0.717, 1.165) is 19.2 Å². The van der Waals surface area contributed by atoms with E-state index in [9.17, 15) is 14.5 Å². The number of nitro benzene ring substituents is 1. The lowest BCUT2D eigenvalue weighted by Gasteiger charge is -2.38. The Bertz CT molecular complexity index is 480. The molecule has 98 valence electrons. The highest BCUT2D eigenvalue weighted by Crippen LogP contribution is 2.34. The summed E-state index contributed by atoms with van der Waals surface area (Å²) in [5.41, 5.74) is 0.131. The van der Waals surface area contributed by atoms with Gasteiger partial charge >= 0.3 is 0 Å². The van der Waals surface area contributed by atoms with Crippen LogP contribution in [0.15, 0.2) is 12.1 Å². The number of likely N-dealkylation sites (N-methyl/N-ethyl adjacent to an activating group) is 1. The standard InChI is InChI=1S/C11H13ClFN3O2/c1-2-15(7-5-14-6-7)10-3-8(12)9(13)4-11(10)16(17)18/h3-4,7,14H,2,5-6H2,1H3. The topological polar surface area (TPSA) is 58.4 Å². The second kappa shape index (κ2) is 5.07. The molecular weight excluding hydrogens is 261 g/mol. The van der Waals surface area contributed by atoms with Crippen LogP contribution in [0.25, 0.3) is 0 Å². The molecule has 0 aliphatic carbocycles. The third kappa shape index (κ3) is 2.26. The molecule has 0 bridgehead atoms. The summed E-state index contributed by atoms with van der Waals surface area (Å²) in [4.78, 5) is 12.3. The van der Waals surface area contributed by atoms with Crippen molar-refractivity contribution in [3.8, 4) is 0 Å². The normalized spacial score (nSPS) is 15.3. The fourth-order valence-electron chi connectivity index (χ4n) is 2.02. The first kappa shape index (κ1) is 13.0. The average Bonchev–Trinajstić information content (AvgIpc) is 2.26. The number of hydrogen-bond donors (Lipinski definition) is 1. The summed E-state index contributed by atoms with van der Waals surface area (Å²) in [5, 5.41) is 14.0. The van der Waals surface area contributed by atoms with Crippen LogP contribution in [0.2, 0.25) is 5.02 Å². The molecule has 0 atom stereocenters. The Morgan fingerprint density at radius 3 is 2.72 bits per heavy atom. The van der Waals surface area contributed by atoms with Crippen LogP contribution < -0.4 is 10.2 Å². The van der Waals surface area contributed by atoms with E-state index in [-0.39, 0.29) is 16.8 Å². The summed E-state index contributed by atoms with van der Waals surface area (Å²) in [6.07, 6.45) is 0. The molecule has 18 heavy (non-hydrogen) atoms. The molecule has 0 aromatic heterocycles. The first-order chi connectivity index (χ1) is 8.54. The van der Waals surface area contributed by atoms with Gasteiger partial charge in [0.2, 0.25) is 0 Å². The lowest BCUT2D eigenvalue weighted by molar-refractivity contribution is -0.384. The first-order valence-corrected chi connectivity index (χ1v) is 6.03. The van der Waals surface area contributed by atoms with E-state index in [2.05, 4.69) is 5.32 Å². The fourth-order valence-corrected chi connectivity index (χ4v) is 2.18. The number of nitrogens with one attached hydrogen (secondary N) is 1. The van der Waals surface area contributed by atoms with Crippen molar-refractivity contribution in [1.82, 2.24) is 5.32 Å². The van der Waals surface area contributed by atoms with Crippen molar-refractivity contribution in [2.45, 2.75) is 13.0 Å². The quantitative estimate of drug-likeness (QED) is 0.675. The number of nitrogens with zero attached hydrogens (tertiary/aromatic N) is 2. The molecule has 1 fully saturated rings. The zero-order chi connectivity index (χ0) is 13.3. The maximum Gasteiger partial charge on any atom is 0.295 e. The van der Waals surface area contributed by atoms with Gasteiger partial charge in [-0.05, 0) is 13.0 Å². The molecule has 2 rings (SSSR count). The van der Waals surface area contributed by atoms with Crippen LogP contribution >= 0.6 is 11.6 Å². The molecule has 7 heteroatoms. The summed E-state index contributed by atoms with van der Waals surface area (Å²) < 4.78 is 13.3. The van der Waals surface area contributed by atoms with E-state index in [1.165, 1.54) is 6.07 Å². The molecule has 1 aliphatic rings. The van der Waals surface area contributed by atoms with Crippen LogP contribution in [0.5, 0.6) is 0 Å². The van der Waals surface area contributed by atoms with Gasteiger partial charge in [-0.2, -0.15) is 0 Å². The minimum absolute atomic E-state index is 0.0960. The molecule has 1 heterocycles. The van der Waals surface area contributed by atoms with E-state index in [4.69, 9.17) is 11.6 Å². The zero-order valence-corrected chi connectivity index (χ0v) is 10.6. The second-order valence-electron chi connectivity index (χ2n) is 4.11. The molecule has 0 amide bonds. The molecule has 5 nitrogen and oxygen atoms in total. The molecule has 1 aromatic carbocycles. The Kier molecular flexibility index (Phi) is 3.68. The summed E-state index contributed by atoms with van der Waals surface area (Å²) in [5.74, 6) is -0.769. The Morgan fingerprint density at radius 1 is 1.61 bits per heavy atom. The van der Waals surface area contributed by atoms with Crippen LogP contribution in [-0.2, 0) is 0 Å². The fraction of sp³-hybridized carbons (Fsp3) is 0.455. The van der Waals surface area contributed by atoms with Gasteiger partial charge in [-0.3, -0.25) is 10.1 Å². The summed E-state index contributed by atoms with van der Waals surface area (Å²) in [6.45, 7) is 4.04. The molecule has 1 aromatic rings. The van der Waals surface area contributed by atoms with Crippen LogP contribution in [0, 0.1) is 15.9 Å². The number of nitro groups is 1. The molecule has 0 spiro atoms. The van der Waals surface area contributed by atoms with Crippen LogP contribution in [-0.4, -0.2) is 30.6 Å². The SMILES string of the molecule is CCN(c1cc(Cl)c(F)cc1[N+](=O)[O-])C1CNC1. The second-order valence-corrected chi connectivity index (χ2v) is 4.52. The van der Waals surface area contributed by atoms with Crippen LogP contribution in [0.3, 0.4) is 0 Å². The van der Waals surface area contributed by atoms with Crippen molar-refractivity contribution in [3.05, 3.63) is 33.1 Å². The number of benzene rings is 1. The highest BCUT2D eigenvalue weighted by Gasteiger charge is 2.29. The maximum atomic E-state index is 13.3. The Hall–Kier alpha value is -1.40. The summed E-state index contributed by atoms with van der Waals surface area (Å²) >= 11 is 5.72. The minimum Gasteiger partial charge on any atom is -0.361 e. The zero-order valence-electron chi connectivity index (χ0n) is 9.82. The van der Waals surface area contributed by atoms with Gasteiger partial charge < -0.3 is 10.2 Å². The van der Waals surface area contributed by atoms with Crippen molar-refractivity contribution in [2.75, 3.05) is 24.5 Å². The molecular formula is C11H13ClFN3O2. The third-order valence-electron chi connectivity index (χ3n) is 3.06. The van der Waals surface area contributed by atoms with Gasteiger partial charge in [0.15, 0.2) is 0 Å². The van der Waals surface area contributed by atoms with Crippen molar-refractivity contribution >= 4 is 23.0 Å². The maximum absolute atomic E-state index is 13.3. The van der Waals surface area contributed by atoms with Crippen LogP contribution in [0.4, 0.5) is 15.8 Å². The van der Waals surface area contributed by atoms with E-state index < -0.39 is 10.7 Å². The number of rotatable bonds is 4. The predicted octanol–water partition coefficient (Wildman–Crippen LogP) is 2.19. The van der Waals surface area contributed by atoms with E-state index in [1.54, 1.807) is 0 Å². The van der Waals surface area contributed by atoms with E-state index in [0.29, 0.717) is 12.2 Å². The molecule has 1 aliphatic heterocycles. The molecule has 1 N–H and O–H groups in total. The number of anilines is 1. The van der Waals surface area contributed by atoms with Crippen molar-refractivity contribution in [2.24, 2.45) is 0 Å². The van der Waals surface area contributed by atoms with E-state index >= 15 is 0 Å². The molecule has 0 radical (unpaired) electrons. The van der Waals surface area contributed by atoms with Gasteiger partial charge in [-0.1, -0.05) is 11.6 Å². The van der Waals surface area contributed by atoms with Crippen molar-refractivity contribution < 1.29 is 9.31 Å². The average molecular weight is 274 g/mol. The summed E-state index contributed by atoms with van der Waals surface area (Å²) in [7, 11) is 0. The largest absolute Gasteiger partial charge is 0.361 e. The van der Waals surface area contributed by atoms with Gasteiger partial charge in [0.05, 0.1) is 22.1 Å². The van der Waals surface area contributed by atoms with E-state index in [1.807, 2.05) is 11.8 Å². The van der Waals surface area contributed by atoms with Gasteiger partial charge in [-0.25, -0.2) is 4.39 Å². The minimum atomic E-state index is -0.769. The number of halogens is 2. The Morgan fingerprint density at radius 2 is 2.28 bits per heavy atom. The predicted molar refractivity (Wildman–Crippen MR) is 67.7 cm³/mol. The summed E-state index contributed by atoms with van der Waals surface area (Å²) in [6, 6.07) is 2.40. The Labute approximate surface area is 109 Å². The molecule has 1 saturated heterocycles. The van der Waals surface area contributed by atoms with Crippen LogP contribution in [0.1, 0.15) is 6.92 Å². The number of hydrogen-bond acceptors (Lipinski definition) is 4. The van der Waals surface area contributed by atoms with Gasteiger partial charge in [-0.15, -0.1) is 0 Å². The molecule has 0 unspecified atom stereocenters. The Balaban J connectivity index is 2.46. The van der Waals surface area contributed by atoms with Gasteiger partial charge in [0.1, 0.15) is 11.5 Å². The highest BCUT2D eigenvalue weighted by molar-refractivity contribution is 6.31. The lowest BCUT2D eigenvalue weighted by Crippen LogP contribution is -2.57. The van der Waals surface area contributed by atoms with Crippen molar-refractivity contribution in [1.29, 1.82) is 0 Å². The highest BCUT2D eigenvalue weighted by atomic mass is 35.5. The third-order valence-corrected chi connectivity index (χ3v) is 3.35. The smallest absolute Gasteiger partial charge is 0.295 e. The van der Waals surface area contributed by atoms with Crippen molar-refractivity contribution in [3.63, 3.8) is 0 Å². The lowest BCUT2D eigenvalue weighted by atomic mass is 10.1. The molecule has 0 saturated carbocycles.